The first kappa shape index (κ1) is 12.1. The Kier molecular flexibility index (Phi) is 4.40. The van der Waals surface area contributed by atoms with Crippen LogP contribution in [0.2, 0.25) is 0 Å². The van der Waals surface area contributed by atoms with Gasteiger partial charge in [0.15, 0.2) is 0 Å². The van der Waals surface area contributed by atoms with Gasteiger partial charge in [-0.1, -0.05) is 0 Å². The molecule has 0 aromatic rings. The molecule has 2 N–H and O–H groups in total. The van der Waals surface area contributed by atoms with Crippen LogP contribution in [0.3, 0.4) is 0 Å². The summed E-state index contributed by atoms with van der Waals surface area (Å²) in [6.07, 6.45) is 0. The van der Waals surface area contributed by atoms with Gasteiger partial charge in [-0.25, -0.2) is 0 Å². The van der Waals surface area contributed by atoms with E-state index in [0.717, 1.165) is 10.2 Å². The Morgan fingerprint density at radius 1 is 1.17 bits per heavy atom. The smallest absolute Gasteiger partial charge is 0.120 e. The molecule has 0 saturated heterocycles. The van der Waals surface area contributed by atoms with E-state index < -0.39 is 5.35 Å². The molecule has 0 aliphatic rings. The molecule has 12 heavy (non-hydrogen) atoms. The molecule has 0 amide bonds. The fraction of sp³-hybridized carbons (Fsp3) is 1.00. The number of hydrogen-bond donors (Lipinski definition) is 1. The molecule has 0 saturated carbocycles. The molecule has 0 aromatic heterocycles. The lowest BCUT2D eigenvalue weighted by Gasteiger charge is -2.40. The van der Waals surface area contributed by atoms with Gasteiger partial charge < -0.3 is 15.2 Å². The Bertz CT molecular complexity index is 121. The number of ether oxygens (including phenoxy) is 2. The second kappa shape index (κ2) is 4.37. The molecule has 0 aliphatic carbocycles. The first-order chi connectivity index (χ1) is 5.37. The summed E-state index contributed by atoms with van der Waals surface area (Å²) in [5, 5.41) is -0.586. The van der Waals surface area contributed by atoms with Crippen molar-refractivity contribution in [3.8, 4) is 0 Å². The lowest BCUT2D eigenvalue weighted by Crippen LogP contribution is -2.61. The maximum Gasteiger partial charge on any atom is 0.120 e. The maximum absolute atomic E-state index is 6.01. The Hall–Kier alpha value is 0.0969. The number of hydrogen-bond acceptors (Lipinski definition) is 3. The molecule has 0 aromatic carbocycles. The van der Waals surface area contributed by atoms with E-state index in [9.17, 15) is 0 Å². The summed E-state index contributed by atoms with van der Waals surface area (Å²) >= 11 is 0. The third kappa shape index (κ3) is 2.86. The molecular formula is C8H21NO2Si. The lowest BCUT2D eigenvalue weighted by molar-refractivity contribution is -0.143. The van der Waals surface area contributed by atoms with Crippen LogP contribution in [0.25, 0.3) is 0 Å². The van der Waals surface area contributed by atoms with Crippen LogP contribution in [0.4, 0.5) is 0 Å². The first-order valence-corrected chi connectivity index (χ1v) is 5.44. The molecule has 0 bridgehead atoms. The van der Waals surface area contributed by atoms with Crippen molar-refractivity contribution in [1.82, 2.24) is 0 Å². The highest BCUT2D eigenvalue weighted by molar-refractivity contribution is 6.14. The quantitative estimate of drug-likeness (QED) is 0.484. The normalized spacial score (nSPS) is 17.8. The minimum Gasteiger partial charge on any atom is -0.372 e. The second-order valence-electron chi connectivity index (χ2n) is 3.48. The molecule has 1 atom stereocenters. The van der Waals surface area contributed by atoms with Crippen molar-refractivity contribution in [1.29, 1.82) is 0 Å². The average molecular weight is 191 g/mol. The zero-order valence-electron chi connectivity index (χ0n) is 8.81. The standard InChI is InChI=1S/C8H21NO2Si/c1-5-10-7(3,4)8(9,12)11-6-2/h5-6,9H2,1-4,12H3. The fourth-order valence-electron chi connectivity index (χ4n) is 0.978. The van der Waals surface area contributed by atoms with Gasteiger partial charge in [-0.2, -0.15) is 0 Å². The SMILES string of the molecule is CCOC(C)(C)C(N)([SiH3])OCC. The minimum atomic E-state index is -0.586. The van der Waals surface area contributed by atoms with Crippen LogP contribution in [0, 0.1) is 0 Å². The number of nitrogens with two attached hydrogens (primary N) is 1. The molecule has 0 radical (unpaired) electrons. The summed E-state index contributed by atoms with van der Waals surface area (Å²) in [4.78, 5) is 0. The minimum absolute atomic E-state index is 0.385. The van der Waals surface area contributed by atoms with Crippen molar-refractivity contribution in [2.24, 2.45) is 5.73 Å². The highest BCUT2D eigenvalue weighted by atomic mass is 28.1. The molecule has 0 rings (SSSR count). The van der Waals surface area contributed by atoms with Crippen LogP contribution in [0.15, 0.2) is 0 Å². The van der Waals surface area contributed by atoms with Gasteiger partial charge in [0.2, 0.25) is 0 Å². The largest absolute Gasteiger partial charge is 0.372 e. The van der Waals surface area contributed by atoms with Crippen molar-refractivity contribution in [2.75, 3.05) is 13.2 Å². The Balaban J connectivity index is 4.28. The van der Waals surface area contributed by atoms with Gasteiger partial charge in [0.05, 0.1) is 15.8 Å². The van der Waals surface area contributed by atoms with Crippen molar-refractivity contribution < 1.29 is 9.47 Å². The van der Waals surface area contributed by atoms with Crippen molar-refractivity contribution in [3.63, 3.8) is 0 Å². The van der Waals surface area contributed by atoms with Crippen molar-refractivity contribution in [2.45, 2.75) is 38.6 Å². The molecule has 0 heterocycles. The lowest BCUT2D eigenvalue weighted by atomic mass is 10.1. The van der Waals surface area contributed by atoms with E-state index in [1.165, 1.54) is 0 Å². The molecule has 74 valence electrons. The third-order valence-corrected chi connectivity index (χ3v) is 3.64. The van der Waals surface area contributed by atoms with Gasteiger partial charge >= 0.3 is 0 Å². The summed E-state index contributed by atoms with van der Waals surface area (Å²) in [5.41, 5.74) is 5.62. The van der Waals surface area contributed by atoms with E-state index >= 15 is 0 Å². The predicted molar refractivity (Wildman–Crippen MR) is 54.2 cm³/mol. The fourth-order valence-corrected chi connectivity index (χ4v) is 1.41. The zero-order valence-corrected chi connectivity index (χ0v) is 10.8. The second-order valence-corrected chi connectivity index (χ2v) is 4.97. The van der Waals surface area contributed by atoms with Crippen LogP contribution < -0.4 is 5.73 Å². The third-order valence-electron chi connectivity index (χ3n) is 2.14. The summed E-state index contributed by atoms with van der Waals surface area (Å²) < 4.78 is 11.0. The zero-order chi connectivity index (χ0) is 9.83. The van der Waals surface area contributed by atoms with E-state index in [-0.39, 0.29) is 5.60 Å². The molecule has 1 unspecified atom stereocenters. The van der Waals surface area contributed by atoms with E-state index in [1.54, 1.807) is 0 Å². The van der Waals surface area contributed by atoms with Gasteiger partial charge in [0, 0.05) is 13.2 Å². The van der Waals surface area contributed by atoms with Gasteiger partial charge in [-0.05, 0) is 27.7 Å². The highest BCUT2D eigenvalue weighted by Crippen LogP contribution is 2.21. The van der Waals surface area contributed by atoms with Gasteiger partial charge in [0.25, 0.3) is 0 Å². The van der Waals surface area contributed by atoms with E-state index in [4.69, 9.17) is 15.2 Å². The van der Waals surface area contributed by atoms with E-state index in [0.29, 0.717) is 13.2 Å². The topological polar surface area (TPSA) is 44.5 Å². The van der Waals surface area contributed by atoms with Crippen LogP contribution in [-0.2, 0) is 9.47 Å². The molecule has 3 nitrogen and oxygen atoms in total. The molecule has 4 heteroatoms. The molecule has 0 aliphatic heterocycles. The monoisotopic (exact) mass is 191 g/mol. The highest BCUT2D eigenvalue weighted by Gasteiger charge is 2.38. The van der Waals surface area contributed by atoms with Crippen molar-refractivity contribution >= 4 is 10.2 Å². The summed E-state index contributed by atoms with van der Waals surface area (Å²) in [7, 11) is 0.761. The summed E-state index contributed by atoms with van der Waals surface area (Å²) in [5.74, 6) is 0. The van der Waals surface area contributed by atoms with Crippen LogP contribution >= 0.6 is 0 Å². The summed E-state index contributed by atoms with van der Waals surface area (Å²) in [6, 6.07) is 0. The van der Waals surface area contributed by atoms with E-state index in [1.807, 2.05) is 27.7 Å². The Morgan fingerprint density at radius 2 is 1.58 bits per heavy atom. The van der Waals surface area contributed by atoms with Gasteiger partial charge in [-0.15, -0.1) is 0 Å². The average Bonchev–Trinajstić information content (AvgIpc) is 1.86. The van der Waals surface area contributed by atoms with Crippen LogP contribution in [0.1, 0.15) is 27.7 Å². The van der Waals surface area contributed by atoms with Gasteiger partial charge in [-0.3, -0.25) is 0 Å². The van der Waals surface area contributed by atoms with Crippen LogP contribution in [0.5, 0.6) is 0 Å². The van der Waals surface area contributed by atoms with Crippen LogP contribution in [-0.4, -0.2) is 34.4 Å². The van der Waals surface area contributed by atoms with E-state index in [2.05, 4.69) is 0 Å². The predicted octanol–water partition coefficient (Wildman–Crippen LogP) is -0.184. The maximum atomic E-state index is 6.01. The Labute approximate surface area is 78.0 Å². The molecule has 0 fully saturated rings. The molecule has 0 spiro atoms. The molecular weight excluding hydrogens is 170 g/mol. The Morgan fingerprint density at radius 3 is 1.92 bits per heavy atom. The first-order valence-electron chi connectivity index (χ1n) is 4.44. The number of rotatable bonds is 5. The van der Waals surface area contributed by atoms with Crippen molar-refractivity contribution in [3.05, 3.63) is 0 Å². The summed E-state index contributed by atoms with van der Waals surface area (Å²) in [6.45, 7) is 9.16. The van der Waals surface area contributed by atoms with Gasteiger partial charge in [0.1, 0.15) is 5.35 Å².